The number of carbonyl (C=O) groups is 1. The number of hydrogen-bond donors (Lipinski definition) is 0. The minimum atomic E-state index is 0.157. The van der Waals surface area contributed by atoms with Gasteiger partial charge in [-0.3, -0.25) is 4.79 Å². The number of anilines is 1. The largest absolute Gasteiger partial charge is 0.345 e. The second kappa shape index (κ2) is 5.89. The van der Waals surface area contributed by atoms with Crippen molar-refractivity contribution in [3.8, 4) is 0 Å². The predicted octanol–water partition coefficient (Wildman–Crippen LogP) is 1.67. The highest BCUT2D eigenvalue weighted by molar-refractivity contribution is 7.99. The molecule has 0 atom stereocenters. The molecule has 3 rings (SSSR count). The van der Waals surface area contributed by atoms with Crippen LogP contribution in [0.4, 0.5) is 5.13 Å². The van der Waals surface area contributed by atoms with Crippen LogP contribution in [0.3, 0.4) is 0 Å². The van der Waals surface area contributed by atoms with Gasteiger partial charge in [-0.15, -0.1) is 10.2 Å². The van der Waals surface area contributed by atoms with Crippen molar-refractivity contribution in [2.45, 2.75) is 19.8 Å². The summed E-state index contributed by atoms with van der Waals surface area (Å²) in [5.74, 6) is 3.07. The van der Waals surface area contributed by atoms with E-state index in [1.165, 1.54) is 0 Å². The average molecular weight is 312 g/mol. The molecule has 110 valence electrons. The Morgan fingerprint density at radius 2 is 1.95 bits per heavy atom. The molecule has 0 spiro atoms. The molecule has 3 heterocycles. The zero-order chi connectivity index (χ0) is 14.1. The highest BCUT2D eigenvalue weighted by atomic mass is 32.2. The second-order valence-corrected chi connectivity index (χ2v) is 7.83. The van der Waals surface area contributed by atoms with E-state index in [9.17, 15) is 4.79 Å². The number of carbonyl (C=O) groups excluding carboxylic acids is 1. The summed E-state index contributed by atoms with van der Waals surface area (Å²) in [6.07, 6.45) is 0. The molecule has 1 aromatic rings. The molecule has 0 aromatic carbocycles. The summed E-state index contributed by atoms with van der Waals surface area (Å²) in [5.41, 5.74) is 0. The average Bonchev–Trinajstić information content (AvgIpc) is 2.87. The fourth-order valence-electron chi connectivity index (χ4n) is 2.42. The minimum absolute atomic E-state index is 0.157. The van der Waals surface area contributed by atoms with Crippen molar-refractivity contribution in [2.75, 3.05) is 42.6 Å². The first kappa shape index (κ1) is 14.1. The van der Waals surface area contributed by atoms with Crippen molar-refractivity contribution < 1.29 is 4.79 Å². The van der Waals surface area contributed by atoms with Crippen molar-refractivity contribution in [1.29, 1.82) is 0 Å². The number of amides is 1. The molecule has 0 aliphatic carbocycles. The van der Waals surface area contributed by atoms with Crippen LogP contribution in [0.5, 0.6) is 0 Å². The van der Waals surface area contributed by atoms with E-state index in [1.54, 1.807) is 11.3 Å². The predicted molar refractivity (Wildman–Crippen MR) is 83.6 cm³/mol. The molecule has 0 saturated carbocycles. The molecule has 7 heteroatoms. The van der Waals surface area contributed by atoms with Gasteiger partial charge in [-0.2, -0.15) is 11.8 Å². The lowest BCUT2D eigenvalue weighted by molar-refractivity contribution is -0.135. The zero-order valence-corrected chi connectivity index (χ0v) is 13.5. The molecule has 5 nitrogen and oxygen atoms in total. The van der Waals surface area contributed by atoms with Crippen LogP contribution in [-0.2, 0) is 4.79 Å². The SMILES string of the molecule is CC(C)c1nnc(N2CC(C(=O)N3CCSCC3)C2)s1. The fraction of sp³-hybridized carbons (Fsp3) is 0.769. The topological polar surface area (TPSA) is 49.3 Å². The Morgan fingerprint density at radius 1 is 1.25 bits per heavy atom. The molecular formula is C13H20N4OS2. The van der Waals surface area contributed by atoms with Crippen molar-refractivity contribution in [1.82, 2.24) is 15.1 Å². The molecule has 0 N–H and O–H groups in total. The Balaban J connectivity index is 1.53. The number of aromatic nitrogens is 2. The van der Waals surface area contributed by atoms with Crippen molar-refractivity contribution in [2.24, 2.45) is 5.92 Å². The van der Waals surface area contributed by atoms with Gasteiger partial charge >= 0.3 is 0 Å². The first-order chi connectivity index (χ1) is 9.65. The molecule has 2 aliphatic rings. The van der Waals surface area contributed by atoms with Gasteiger partial charge in [0.1, 0.15) is 5.01 Å². The maximum atomic E-state index is 12.3. The van der Waals surface area contributed by atoms with Gasteiger partial charge in [0.05, 0.1) is 5.92 Å². The van der Waals surface area contributed by atoms with E-state index in [4.69, 9.17) is 0 Å². The van der Waals surface area contributed by atoms with Crippen LogP contribution in [0, 0.1) is 5.92 Å². The molecule has 0 unspecified atom stereocenters. The Morgan fingerprint density at radius 3 is 2.55 bits per heavy atom. The van der Waals surface area contributed by atoms with Gasteiger partial charge in [0.15, 0.2) is 0 Å². The molecule has 2 saturated heterocycles. The second-order valence-electron chi connectivity index (χ2n) is 5.62. The number of hydrogen-bond acceptors (Lipinski definition) is 6. The third-order valence-electron chi connectivity index (χ3n) is 3.75. The maximum Gasteiger partial charge on any atom is 0.229 e. The summed E-state index contributed by atoms with van der Waals surface area (Å²) in [4.78, 5) is 16.5. The Hall–Kier alpha value is -0.820. The van der Waals surface area contributed by atoms with Crippen LogP contribution >= 0.6 is 23.1 Å². The van der Waals surface area contributed by atoms with Crippen molar-refractivity contribution >= 4 is 34.1 Å². The molecule has 2 fully saturated rings. The molecule has 0 radical (unpaired) electrons. The summed E-state index contributed by atoms with van der Waals surface area (Å²) < 4.78 is 0. The monoisotopic (exact) mass is 312 g/mol. The molecule has 2 aliphatic heterocycles. The lowest BCUT2D eigenvalue weighted by atomic mass is 9.99. The van der Waals surface area contributed by atoms with Crippen LogP contribution in [0.25, 0.3) is 0 Å². The lowest BCUT2D eigenvalue weighted by Crippen LogP contribution is -2.55. The van der Waals surface area contributed by atoms with Gasteiger partial charge in [0.25, 0.3) is 0 Å². The Kier molecular flexibility index (Phi) is 4.16. The van der Waals surface area contributed by atoms with Gasteiger partial charge < -0.3 is 9.80 Å². The Bertz CT molecular complexity index is 478. The number of nitrogens with zero attached hydrogens (tertiary/aromatic N) is 4. The summed E-state index contributed by atoms with van der Waals surface area (Å²) in [6.45, 7) is 7.68. The summed E-state index contributed by atoms with van der Waals surface area (Å²) in [5, 5.41) is 10.5. The van der Waals surface area contributed by atoms with Crippen LogP contribution < -0.4 is 4.90 Å². The Labute approximate surface area is 127 Å². The molecule has 20 heavy (non-hydrogen) atoms. The first-order valence-electron chi connectivity index (χ1n) is 7.10. The molecule has 1 amide bonds. The normalized spacial score (nSPS) is 20.4. The van der Waals surface area contributed by atoms with Gasteiger partial charge in [-0.25, -0.2) is 0 Å². The van der Waals surface area contributed by atoms with E-state index in [0.717, 1.165) is 47.8 Å². The molecule has 1 aromatic heterocycles. The van der Waals surface area contributed by atoms with Crippen LogP contribution in [0.15, 0.2) is 0 Å². The summed E-state index contributed by atoms with van der Waals surface area (Å²) >= 11 is 3.59. The quantitative estimate of drug-likeness (QED) is 0.850. The third-order valence-corrected chi connectivity index (χ3v) is 5.98. The zero-order valence-electron chi connectivity index (χ0n) is 11.9. The summed E-state index contributed by atoms with van der Waals surface area (Å²) in [7, 11) is 0. The lowest BCUT2D eigenvalue weighted by Gasteiger charge is -2.41. The van der Waals surface area contributed by atoms with Gasteiger partial charge in [0, 0.05) is 43.6 Å². The fourth-order valence-corrected chi connectivity index (χ4v) is 4.19. The highest BCUT2D eigenvalue weighted by Gasteiger charge is 2.37. The van der Waals surface area contributed by atoms with Crippen LogP contribution in [0.1, 0.15) is 24.8 Å². The maximum absolute atomic E-state index is 12.3. The third kappa shape index (κ3) is 2.79. The minimum Gasteiger partial charge on any atom is -0.345 e. The van der Waals surface area contributed by atoms with E-state index in [1.807, 2.05) is 16.7 Å². The van der Waals surface area contributed by atoms with Gasteiger partial charge in [-0.1, -0.05) is 25.2 Å². The van der Waals surface area contributed by atoms with E-state index in [0.29, 0.717) is 11.8 Å². The van der Waals surface area contributed by atoms with Crippen LogP contribution in [0.2, 0.25) is 0 Å². The van der Waals surface area contributed by atoms with Crippen molar-refractivity contribution in [3.63, 3.8) is 0 Å². The van der Waals surface area contributed by atoms with Gasteiger partial charge in [-0.05, 0) is 0 Å². The smallest absolute Gasteiger partial charge is 0.229 e. The number of thioether (sulfide) groups is 1. The summed E-state index contributed by atoms with van der Waals surface area (Å²) in [6, 6.07) is 0. The van der Waals surface area contributed by atoms with Crippen molar-refractivity contribution in [3.05, 3.63) is 5.01 Å². The highest BCUT2D eigenvalue weighted by Crippen LogP contribution is 2.31. The standard InChI is InChI=1S/C13H20N4OS2/c1-9(2)11-14-15-13(20-11)17-7-10(8-17)12(18)16-3-5-19-6-4-16/h9-10H,3-8H2,1-2H3. The van der Waals surface area contributed by atoms with E-state index >= 15 is 0 Å². The first-order valence-corrected chi connectivity index (χ1v) is 9.07. The van der Waals surface area contributed by atoms with E-state index in [2.05, 4.69) is 28.9 Å². The molecule has 0 bridgehead atoms. The van der Waals surface area contributed by atoms with E-state index < -0.39 is 0 Å². The molecular weight excluding hydrogens is 292 g/mol. The number of rotatable bonds is 3. The van der Waals surface area contributed by atoms with Gasteiger partial charge in [0.2, 0.25) is 11.0 Å². The van der Waals surface area contributed by atoms with E-state index in [-0.39, 0.29) is 5.92 Å². The van der Waals surface area contributed by atoms with Crippen LogP contribution in [-0.4, -0.2) is 58.7 Å².